The standard InChI is InChI=1S/C14H28.H2O/c1-5-14(6-2,7-3)13-10-8-12(4)9-11-13;/h12-13H,5-11H2,1-4H3;1H2. The molecule has 0 heterocycles. The van der Waals surface area contributed by atoms with Gasteiger partial charge in [0.15, 0.2) is 0 Å². The second kappa shape index (κ2) is 6.52. The van der Waals surface area contributed by atoms with E-state index in [4.69, 9.17) is 0 Å². The van der Waals surface area contributed by atoms with Gasteiger partial charge in [0.1, 0.15) is 0 Å². The lowest BCUT2D eigenvalue weighted by atomic mass is 9.63. The van der Waals surface area contributed by atoms with Gasteiger partial charge in [-0.2, -0.15) is 0 Å². The fourth-order valence-electron chi connectivity index (χ4n) is 3.49. The van der Waals surface area contributed by atoms with Crippen LogP contribution in [0.5, 0.6) is 0 Å². The van der Waals surface area contributed by atoms with Crippen molar-refractivity contribution in [2.24, 2.45) is 17.3 Å². The first-order chi connectivity index (χ1) is 6.68. The highest BCUT2D eigenvalue weighted by Crippen LogP contribution is 2.46. The number of rotatable bonds is 4. The summed E-state index contributed by atoms with van der Waals surface area (Å²) in [4.78, 5) is 0. The summed E-state index contributed by atoms with van der Waals surface area (Å²) < 4.78 is 0. The average Bonchev–Trinajstić information content (AvgIpc) is 2.24. The van der Waals surface area contributed by atoms with Gasteiger partial charge in [0.05, 0.1) is 0 Å². The van der Waals surface area contributed by atoms with Crippen LogP contribution in [0.3, 0.4) is 0 Å². The SMILES string of the molecule is CCC(CC)(CC)C1CCC(C)CC1.O. The summed E-state index contributed by atoms with van der Waals surface area (Å²) in [6.45, 7) is 9.60. The molecule has 0 aromatic heterocycles. The Balaban J connectivity index is 0.00000196. The van der Waals surface area contributed by atoms with Crippen molar-refractivity contribution in [2.45, 2.75) is 72.6 Å². The first-order valence-electron chi connectivity index (χ1n) is 6.68. The van der Waals surface area contributed by atoms with Gasteiger partial charge in [0.25, 0.3) is 0 Å². The van der Waals surface area contributed by atoms with Crippen LogP contribution in [0.2, 0.25) is 0 Å². The Morgan fingerprint density at radius 1 is 0.867 bits per heavy atom. The molecule has 92 valence electrons. The van der Waals surface area contributed by atoms with Crippen molar-refractivity contribution >= 4 is 0 Å². The zero-order chi connectivity index (χ0) is 10.6. The van der Waals surface area contributed by atoms with Crippen molar-refractivity contribution in [3.63, 3.8) is 0 Å². The summed E-state index contributed by atoms with van der Waals surface area (Å²) in [5.41, 5.74) is 0.681. The van der Waals surface area contributed by atoms with Gasteiger partial charge < -0.3 is 5.48 Å². The Morgan fingerprint density at radius 3 is 1.60 bits per heavy atom. The molecule has 0 unspecified atom stereocenters. The molecule has 1 aliphatic carbocycles. The largest absolute Gasteiger partial charge is 0.412 e. The summed E-state index contributed by atoms with van der Waals surface area (Å²) in [7, 11) is 0. The van der Waals surface area contributed by atoms with Crippen LogP contribution in [0.4, 0.5) is 0 Å². The summed E-state index contributed by atoms with van der Waals surface area (Å²) in [6, 6.07) is 0. The first kappa shape index (κ1) is 15.0. The highest BCUT2D eigenvalue weighted by atomic mass is 16.0. The van der Waals surface area contributed by atoms with Crippen LogP contribution >= 0.6 is 0 Å². The van der Waals surface area contributed by atoms with Crippen LogP contribution < -0.4 is 0 Å². The van der Waals surface area contributed by atoms with Gasteiger partial charge in [-0.15, -0.1) is 0 Å². The predicted molar refractivity (Wildman–Crippen MR) is 68.0 cm³/mol. The van der Waals surface area contributed by atoms with E-state index in [-0.39, 0.29) is 5.48 Å². The first-order valence-corrected chi connectivity index (χ1v) is 6.68. The smallest absolute Gasteiger partial charge is 0.0277 e. The Hall–Kier alpha value is -0.0400. The van der Waals surface area contributed by atoms with Gasteiger partial charge in [0.2, 0.25) is 0 Å². The lowest BCUT2D eigenvalue weighted by molar-refractivity contribution is 0.0851. The monoisotopic (exact) mass is 214 g/mol. The summed E-state index contributed by atoms with van der Waals surface area (Å²) in [5.74, 6) is 2.02. The van der Waals surface area contributed by atoms with E-state index in [1.165, 1.54) is 44.9 Å². The molecular weight excluding hydrogens is 184 g/mol. The zero-order valence-electron chi connectivity index (χ0n) is 11.1. The third kappa shape index (κ3) is 3.21. The van der Waals surface area contributed by atoms with Crippen LogP contribution in [-0.2, 0) is 0 Å². The van der Waals surface area contributed by atoms with Gasteiger partial charge in [-0.25, -0.2) is 0 Å². The fourth-order valence-corrected chi connectivity index (χ4v) is 3.49. The molecule has 0 aromatic carbocycles. The van der Waals surface area contributed by atoms with Gasteiger partial charge in [0, 0.05) is 0 Å². The molecular formula is C14H30O. The molecule has 2 N–H and O–H groups in total. The molecule has 0 amide bonds. The molecule has 0 radical (unpaired) electrons. The van der Waals surface area contributed by atoms with E-state index >= 15 is 0 Å². The Labute approximate surface area is 96.0 Å². The van der Waals surface area contributed by atoms with E-state index in [2.05, 4.69) is 27.7 Å². The van der Waals surface area contributed by atoms with Gasteiger partial charge >= 0.3 is 0 Å². The summed E-state index contributed by atoms with van der Waals surface area (Å²) >= 11 is 0. The Kier molecular flexibility index (Phi) is 6.51. The van der Waals surface area contributed by atoms with E-state index in [1.54, 1.807) is 0 Å². The maximum absolute atomic E-state index is 2.42. The zero-order valence-corrected chi connectivity index (χ0v) is 11.1. The Morgan fingerprint density at radius 2 is 1.27 bits per heavy atom. The van der Waals surface area contributed by atoms with Crippen molar-refractivity contribution in [1.29, 1.82) is 0 Å². The molecule has 0 spiro atoms. The van der Waals surface area contributed by atoms with E-state index in [9.17, 15) is 0 Å². The molecule has 1 nitrogen and oxygen atoms in total. The summed E-state index contributed by atoms with van der Waals surface area (Å²) in [6.07, 6.45) is 10.1. The van der Waals surface area contributed by atoms with E-state index in [0.29, 0.717) is 5.41 Å². The number of hydrogen-bond donors (Lipinski definition) is 0. The van der Waals surface area contributed by atoms with Crippen molar-refractivity contribution in [1.82, 2.24) is 0 Å². The quantitative estimate of drug-likeness (QED) is 0.671. The maximum Gasteiger partial charge on any atom is -0.0277 e. The van der Waals surface area contributed by atoms with E-state index in [1.807, 2.05) is 0 Å². The second-order valence-corrected chi connectivity index (χ2v) is 5.38. The van der Waals surface area contributed by atoms with E-state index < -0.39 is 0 Å². The van der Waals surface area contributed by atoms with Gasteiger partial charge in [-0.05, 0) is 30.1 Å². The molecule has 0 aliphatic heterocycles. The lowest BCUT2D eigenvalue weighted by Gasteiger charge is -2.42. The predicted octanol–water partition coefficient (Wildman–Crippen LogP) is 4.20. The van der Waals surface area contributed by atoms with Crippen LogP contribution in [0.25, 0.3) is 0 Å². The van der Waals surface area contributed by atoms with Gasteiger partial charge in [-0.3, -0.25) is 0 Å². The van der Waals surface area contributed by atoms with Crippen LogP contribution in [-0.4, -0.2) is 5.48 Å². The molecule has 1 heteroatoms. The normalized spacial score (nSPS) is 27.2. The van der Waals surface area contributed by atoms with Crippen LogP contribution in [0, 0.1) is 17.3 Å². The third-order valence-corrected chi connectivity index (χ3v) is 4.99. The minimum Gasteiger partial charge on any atom is -0.412 e. The fraction of sp³-hybridized carbons (Fsp3) is 1.00. The van der Waals surface area contributed by atoms with Crippen molar-refractivity contribution in [3.8, 4) is 0 Å². The van der Waals surface area contributed by atoms with Gasteiger partial charge in [-0.1, -0.05) is 59.8 Å². The average molecular weight is 214 g/mol. The topological polar surface area (TPSA) is 31.5 Å². The summed E-state index contributed by atoms with van der Waals surface area (Å²) in [5, 5.41) is 0. The third-order valence-electron chi connectivity index (χ3n) is 4.99. The molecule has 15 heavy (non-hydrogen) atoms. The molecule has 0 aromatic rings. The van der Waals surface area contributed by atoms with Crippen molar-refractivity contribution < 1.29 is 5.48 Å². The molecule has 0 saturated heterocycles. The minimum atomic E-state index is 0. The highest BCUT2D eigenvalue weighted by molar-refractivity contribution is 4.86. The van der Waals surface area contributed by atoms with E-state index in [0.717, 1.165) is 11.8 Å². The maximum atomic E-state index is 2.42. The van der Waals surface area contributed by atoms with Crippen LogP contribution in [0.1, 0.15) is 72.6 Å². The molecule has 0 atom stereocenters. The minimum absolute atomic E-state index is 0. The lowest BCUT2D eigenvalue weighted by Crippen LogP contribution is -2.31. The highest BCUT2D eigenvalue weighted by Gasteiger charge is 2.35. The Bertz CT molecular complexity index is 144. The molecule has 1 aliphatic rings. The molecule has 1 saturated carbocycles. The molecule has 1 fully saturated rings. The van der Waals surface area contributed by atoms with Crippen molar-refractivity contribution in [2.75, 3.05) is 0 Å². The molecule has 1 rings (SSSR count). The number of hydrogen-bond acceptors (Lipinski definition) is 0. The van der Waals surface area contributed by atoms with Crippen molar-refractivity contribution in [3.05, 3.63) is 0 Å². The molecule has 0 bridgehead atoms. The van der Waals surface area contributed by atoms with Crippen LogP contribution in [0.15, 0.2) is 0 Å². The second-order valence-electron chi connectivity index (χ2n) is 5.38.